The fraction of sp³-hybridized carbons (Fsp3) is 0.235. The Kier molecular flexibility index (Phi) is 6.83. The zero-order valence-corrected chi connectivity index (χ0v) is 16.4. The van der Waals surface area contributed by atoms with Crippen molar-refractivity contribution < 1.29 is 35.9 Å². The topological polar surface area (TPSA) is 81.7 Å². The lowest BCUT2D eigenvalue weighted by molar-refractivity contribution is -0.113. The molecule has 0 radical (unpaired) electrons. The summed E-state index contributed by atoms with van der Waals surface area (Å²) >= 11 is 1.19. The molecule has 0 saturated carbocycles. The molecule has 0 atom stereocenters. The van der Waals surface area contributed by atoms with E-state index in [1.807, 2.05) is 0 Å². The van der Waals surface area contributed by atoms with Gasteiger partial charge >= 0.3 is 5.51 Å². The van der Waals surface area contributed by atoms with Crippen molar-refractivity contribution in [3.63, 3.8) is 0 Å². The van der Waals surface area contributed by atoms with Gasteiger partial charge in [0.25, 0.3) is 9.84 Å². The summed E-state index contributed by atoms with van der Waals surface area (Å²) in [5.74, 6) is 0.0944. The van der Waals surface area contributed by atoms with Gasteiger partial charge in [0.1, 0.15) is 11.5 Å². The Balaban J connectivity index is 2.15. The third-order valence-corrected chi connectivity index (χ3v) is 5.99. The van der Waals surface area contributed by atoms with E-state index in [4.69, 9.17) is 9.47 Å². The monoisotopic (exact) mass is 435 g/mol. The largest absolute Gasteiger partial charge is 0.501 e. The molecule has 0 aliphatic rings. The van der Waals surface area contributed by atoms with Crippen LogP contribution in [0.25, 0.3) is 0 Å². The van der Waals surface area contributed by atoms with E-state index >= 15 is 0 Å². The Bertz CT molecular complexity index is 944. The van der Waals surface area contributed by atoms with Crippen LogP contribution in [-0.2, 0) is 14.6 Å². The molecule has 2 rings (SSSR count). The number of halogens is 3. The van der Waals surface area contributed by atoms with Crippen LogP contribution in [0.15, 0.2) is 52.3 Å². The molecule has 28 heavy (non-hydrogen) atoms. The second-order valence-electron chi connectivity index (χ2n) is 5.32. The number of alkyl halides is 3. The number of methoxy groups -OCH3 is 2. The first kappa shape index (κ1) is 21.9. The lowest BCUT2D eigenvalue weighted by Crippen LogP contribution is -2.23. The Morgan fingerprint density at radius 1 is 1.07 bits per heavy atom. The van der Waals surface area contributed by atoms with Crippen molar-refractivity contribution in [1.82, 2.24) is 0 Å². The third-order valence-electron chi connectivity index (χ3n) is 3.49. The number of thioether (sulfide) groups is 1. The van der Waals surface area contributed by atoms with Crippen LogP contribution < -0.4 is 14.8 Å². The first-order chi connectivity index (χ1) is 13.1. The van der Waals surface area contributed by atoms with E-state index in [2.05, 4.69) is 5.32 Å². The summed E-state index contributed by atoms with van der Waals surface area (Å²) in [7, 11) is -2.78. The van der Waals surface area contributed by atoms with Crippen LogP contribution >= 0.6 is 11.8 Å². The molecule has 0 unspecified atom stereocenters. The number of anilines is 1. The number of carbonyl (C=O) groups is 1. The summed E-state index contributed by atoms with van der Waals surface area (Å²) in [6, 6.07) is 9.46. The third kappa shape index (κ3) is 5.10. The lowest BCUT2D eigenvalue weighted by atomic mass is 10.3. The average molecular weight is 435 g/mol. The fourth-order valence-electron chi connectivity index (χ4n) is 2.09. The average Bonchev–Trinajstić information content (AvgIpc) is 2.65. The molecular weight excluding hydrogens is 419 g/mol. The minimum Gasteiger partial charge on any atom is -0.497 e. The zero-order chi connectivity index (χ0) is 20.9. The number of benzene rings is 2. The molecule has 0 aliphatic carbocycles. The van der Waals surface area contributed by atoms with Gasteiger partial charge in [-0.25, -0.2) is 8.42 Å². The SMILES string of the molecule is COc1ccc(SCC(=O)Nc2cc(S(=O)(=O)C(F)(F)F)ccc2OC)cc1. The van der Waals surface area contributed by atoms with Crippen LogP contribution in [0, 0.1) is 0 Å². The van der Waals surface area contributed by atoms with Gasteiger partial charge in [-0.3, -0.25) is 4.79 Å². The van der Waals surface area contributed by atoms with Crippen LogP contribution in [0.5, 0.6) is 11.5 Å². The maximum atomic E-state index is 12.7. The standard InChI is InChI=1S/C17H16F3NO5S2/c1-25-11-3-5-12(6-4-11)27-10-16(22)21-14-9-13(7-8-15(14)26-2)28(23,24)17(18,19)20/h3-9H,10H2,1-2H3,(H,21,22). The van der Waals surface area contributed by atoms with E-state index in [-0.39, 0.29) is 17.2 Å². The van der Waals surface area contributed by atoms with Crippen LogP contribution in [0.4, 0.5) is 18.9 Å². The van der Waals surface area contributed by atoms with Crippen LogP contribution in [0.3, 0.4) is 0 Å². The first-order valence-corrected chi connectivity index (χ1v) is 10.1. The van der Waals surface area contributed by atoms with E-state index < -0.39 is 26.1 Å². The van der Waals surface area contributed by atoms with Crippen molar-refractivity contribution in [2.45, 2.75) is 15.3 Å². The Morgan fingerprint density at radius 2 is 1.71 bits per heavy atom. The highest BCUT2D eigenvalue weighted by Gasteiger charge is 2.47. The van der Waals surface area contributed by atoms with Crippen molar-refractivity contribution in [3.8, 4) is 11.5 Å². The molecular formula is C17H16F3NO5S2. The summed E-state index contributed by atoms with van der Waals surface area (Å²) < 4.78 is 71.3. The molecule has 0 saturated heterocycles. The molecule has 152 valence electrons. The van der Waals surface area contributed by atoms with E-state index in [0.717, 1.165) is 23.1 Å². The number of carbonyl (C=O) groups excluding carboxylic acids is 1. The van der Waals surface area contributed by atoms with Crippen molar-refractivity contribution in [2.75, 3.05) is 25.3 Å². The van der Waals surface area contributed by atoms with Crippen molar-refractivity contribution in [3.05, 3.63) is 42.5 Å². The molecule has 0 aliphatic heterocycles. The van der Waals surface area contributed by atoms with Crippen LogP contribution in [0.1, 0.15) is 0 Å². The number of hydrogen-bond acceptors (Lipinski definition) is 6. The van der Waals surface area contributed by atoms with Gasteiger partial charge in [-0.2, -0.15) is 13.2 Å². The predicted molar refractivity (Wildman–Crippen MR) is 98.6 cm³/mol. The molecule has 6 nitrogen and oxygen atoms in total. The van der Waals surface area contributed by atoms with Gasteiger partial charge in [0.2, 0.25) is 5.91 Å². The molecule has 0 bridgehead atoms. The van der Waals surface area contributed by atoms with Crippen molar-refractivity contribution in [2.24, 2.45) is 0 Å². The van der Waals surface area contributed by atoms with Gasteiger partial charge in [0, 0.05) is 4.90 Å². The lowest BCUT2D eigenvalue weighted by Gasteiger charge is -2.13. The van der Waals surface area contributed by atoms with Gasteiger partial charge in [-0.05, 0) is 42.5 Å². The molecule has 0 fully saturated rings. The van der Waals surface area contributed by atoms with Gasteiger partial charge in [-0.1, -0.05) is 0 Å². The second-order valence-corrected chi connectivity index (χ2v) is 8.31. The molecule has 0 spiro atoms. The van der Waals surface area contributed by atoms with Crippen molar-refractivity contribution >= 4 is 33.2 Å². The first-order valence-electron chi connectivity index (χ1n) is 7.64. The number of nitrogens with one attached hydrogen (secondary N) is 1. The number of sulfone groups is 1. The Labute approximate surface area is 163 Å². The summed E-state index contributed by atoms with van der Waals surface area (Å²) in [5.41, 5.74) is -5.62. The smallest absolute Gasteiger partial charge is 0.497 e. The van der Waals surface area contributed by atoms with Gasteiger partial charge in [0.15, 0.2) is 0 Å². The van der Waals surface area contributed by atoms with Crippen molar-refractivity contribution in [1.29, 1.82) is 0 Å². The fourth-order valence-corrected chi connectivity index (χ4v) is 3.58. The highest BCUT2D eigenvalue weighted by atomic mass is 32.2. The summed E-state index contributed by atoms with van der Waals surface area (Å²) in [4.78, 5) is 11.9. The summed E-state index contributed by atoms with van der Waals surface area (Å²) in [5, 5.41) is 2.38. The van der Waals surface area contributed by atoms with Crippen LogP contribution in [-0.4, -0.2) is 39.8 Å². The van der Waals surface area contributed by atoms with Gasteiger partial charge in [-0.15, -0.1) is 11.8 Å². The second kappa shape index (κ2) is 8.74. The zero-order valence-electron chi connectivity index (χ0n) is 14.7. The highest BCUT2D eigenvalue weighted by Crippen LogP contribution is 2.34. The molecule has 2 aromatic carbocycles. The predicted octanol–water partition coefficient (Wildman–Crippen LogP) is 3.73. The van der Waals surface area contributed by atoms with E-state index in [9.17, 15) is 26.4 Å². The number of hydrogen-bond donors (Lipinski definition) is 1. The number of amides is 1. The van der Waals surface area contributed by atoms with Crippen LogP contribution in [0.2, 0.25) is 0 Å². The molecule has 2 aromatic rings. The molecule has 0 heterocycles. The van der Waals surface area contributed by atoms with Gasteiger partial charge < -0.3 is 14.8 Å². The van der Waals surface area contributed by atoms with E-state index in [1.54, 1.807) is 24.3 Å². The number of rotatable bonds is 7. The Morgan fingerprint density at radius 3 is 2.25 bits per heavy atom. The Hall–Kier alpha value is -2.40. The molecule has 1 N–H and O–H groups in total. The minimum atomic E-state index is -5.55. The summed E-state index contributed by atoms with van der Waals surface area (Å²) in [6.07, 6.45) is 0. The quantitative estimate of drug-likeness (QED) is 0.668. The molecule has 1 amide bonds. The van der Waals surface area contributed by atoms with Gasteiger partial charge in [0.05, 0.1) is 30.6 Å². The molecule has 11 heteroatoms. The highest BCUT2D eigenvalue weighted by molar-refractivity contribution is 8.00. The normalized spacial score (nSPS) is 11.8. The number of ether oxygens (including phenoxy) is 2. The maximum absolute atomic E-state index is 12.7. The van der Waals surface area contributed by atoms with E-state index in [0.29, 0.717) is 5.75 Å². The maximum Gasteiger partial charge on any atom is 0.501 e. The summed E-state index contributed by atoms with van der Waals surface area (Å²) in [6.45, 7) is 0. The minimum absolute atomic E-state index is 0.0314. The molecule has 0 aromatic heterocycles. The van der Waals surface area contributed by atoms with E-state index in [1.165, 1.54) is 26.0 Å².